The second kappa shape index (κ2) is 10.9. The van der Waals surface area contributed by atoms with E-state index >= 15 is 0 Å². The smallest absolute Gasteiger partial charge is 0.318 e. The van der Waals surface area contributed by atoms with Gasteiger partial charge in [-0.05, 0) is 49.7 Å². The number of fused-ring (bicyclic) bond motifs is 1. The summed E-state index contributed by atoms with van der Waals surface area (Å²) < 4.78 is 5.62. The van der Waals surface area contributed by atoms with Crippen molar-refractivity contribution in [1.82, 2.24) is 14.9 Å². The minimum absolute atomic E-state index is 0.0205. The van der Waals surface area contributed by atoms with Crippen LogP contribution < -0.4 is 15.8 Å². The van der Waals surface area contributed by atoms with E-state index in [0.29, 0.717) is 18.7 Å². The Morgan fingerprint density at radius 2 is 2.00 bits per heavy atom. The molecule has 1 aromatic heterocycles. The number of nitrogens with one attached hydrogen (secondary N) is 1. The number of nitrogens with zero attached hydrogens (tertiary/aromatic N) is 3. The van der Waals surface area contributed by atoms with Crippen LogP contribution in [0.4, 0.5) is 11.5 Å². The quantitative estimate of drug-likeness (QED) is 0.500. The van der Waals surface area contributed by atoms with Crippen LogP contribution in [0, 0.1) is 5.92 Å². The molecular formula is C25H35N5O3. The standard InChI is InChI=1S/C25H35N5O3/c1-2-3-14-33-25-27-21-11-10-19(24(32)28-22(21)23(26)29-25)9-8-17-4-6-18(7-5-17)15-30-13-12-20(31)16-30/h4-7,19-20,31H,2-3,8-16H2,1H3,(H,28,32)(H2,26,27,29)/t19?,20-/m1/s1. The Morgan fingerprint density at radius 1 is 1.21 bits per heavy atom. The van der Waals surface area contributed by atoms with Crippen molar-refractivity contribution in [2.24, 2.45) is 5.92 Å². The first-order valence-corrected chi connectivity index (χ1v) is 12.1. The molecule has 1 fully saturated rings. The Balaban J connectivity index is 1.32. The van der Waals surface area contributed by atoms with Crippen LogP contribution in [0.2, 0.25) is 0 Å². The van der Waals surface area contributed by atoms with Crippen molar-refractivity contribution in [3.8, 4) is 6.01 Å². The van der Waals surface area contributed by atoms with Crippen LogP contribution in [-0.2, 0) is 24.2 Å². The molecule has 2 aliphatic heterocycles. The van der Waals surface area contributed by atoms with Crippen molar-refractivity contribution in [2.75, 3.05) is 30.7 Å². The maximum Gasteiger partial charge on any atom is 0.318 e. The number of anilines is 2. The lowest BCUT2D eigenvalue weighted by molar-refractivity contribution is -0.120. The van der Waals surface area contributed by atoms with Gasteiger partial charge in [0.05, 0.1) is 18.4 Å². The predicted molar refractivity (Wildman–Crippen MR) is 128 cm³/mol. The number of β-amino-alcohol motifs (C(OH)–C–C–N with tert-alkyl or cyclic N) is 1. The van der Waals surface area contributed by atoms with Crippen LogP contribution >= 0.6 is 0 Å². The third-order valence-corrected chi connectivity index (χ3v) is 6.53. The zero-order valence-corrected chi connectivity index (χ0v) is 19.4. The van der Waals surface area contributed by atoms with Crippen LogP contribution in [0.1, 0.15) is 55.8 Å². The molecule has 2 aliphatic rings. The summed E-state index contributed by atoms with van der Waals surface area (Å²) in [7, 11) is 0. The summed E-state index contributed by atoms with van der Waals surface area (Å²) in [6.07, 6.45) is 5.62. The van der Waals surface area contributed by atoms with Gasteiger partial charge in [0, 0.05) is 25.6 Å². The van der Waals surface area contributed by atoms with Crippen LogP contribution in [0.15, 0.2) is 24.3 Å². The molecule has 1 aromatic carbocycles. The molecule has 2 atom stereocenters. The van der Waals surface area contributed by atoms with Crippen molar-refractivity contribution in [2.45, 2.75) is 64.5 Å². The second-order valence-corrected chi connectivity index (χ2v) is 9.17. The van der Waals surface area contributed by atoms with Gasteiger partial charge < -0.3 is 20.9 Å². The summed E-state index contributed by atoms with van der Waals surface area (Å²) in [5.41, 5.74) is 9.86. The number of unbranched alkanes of at least 4 members (excludes halogenated alkanes) is 1. The average Bonchev–Trinajstić information content (AvgIpc) is 3.13. The fourth-order valence-electron chi connectivity index (χ4n) is 4.50. The van der Waals surface area contributed by atoms with Crippen LogP contribution in [0.5, 0.6) is 6.01 Å². The number of carbonyl (C=O) groups is 1. The van der Waals surface area contributed by atoms with E-state index in [-0.39, 0.29) is 29.8 Å². The maximum atomic E-state index is 12.8. The van der Waals surface area contributed by atoms with Gasteiger partial charge in [0.25, 0.3) is 0 Å². The van der Waals surface area contributed by atoms with Gasteiger partial charge in [-0.1, -0.05) is 37.6 Å². The van der Waals surface area contributed by atoms with Crippen molar-refractivity contribution in [1.29, 1.82) is 0 Å². The Labute approximate surface area is 195 Å². The van der Waals surface area contributed by atoms with E-state index in [1.54, 1.807) is 0 Å². The van der Waals surface area contributed by atoms with E-state index in [1.807, 2.05) is 0 Å². The number of rotatable bonds is 9. The highest BCUT2D eigenvalue weighted by molar-refractivity contribution is 5.96. The van der Waals surface area contributed by atoms with Gasteiger partial charge >= 0.3 is 6.01 Å². The molecule has 2 aromatic rings. The van der Waals surface area contributed by atoms with Gasteiger partial charge in [-0.25, -0.2) is 0 Å². The van der Waals surface area contributed by atoms with E-state index in [9.17, 15) is 9.90 Å². The van der Waals surface area contributed by atoms with Crippen molar-refractivity contribution >= 4 is 17.4 Å². The lowest BCUT2D eigenvalue weighted by atomic mass is 9.94. The number of likely N-dealkylation sites (tertiary alicyclic amines) is 1. The lowest BCUT2D eigenvalue weighted by Crippen LogP contribution is -2.22. The van der Waals surface area contributed by atoms with Gasteiger partial charge in [-0.3, -0.25) is 9.69 Å². The molecular weight excluding hydrogens is 418 g/mol. The number of hydrogen-bond acceptors (Lipinski definition) is 7. The zero-order valence-electron chi connectivity index (χ0n) is 19.4. The number of aliphatic hydroxyl groups excluding tert-OH is 1. The van der Waals surface area contributed by atoms with Gasteiger partial charge in [0.2, 0.25) is 5.91 Å². The molecule has 33 heavy (non-hydrogen) atoms. The molecule has 3 heterocycles. The van der Waals surface area contributed by atoms with E-state index in [2.05, 4.69) is 51.4 Å². The Hall–Kier alpha value is -2.71. The molecule has 8 heteroatoms. The molecule has 4 N–H and O–H groups in total. The molecule has 0 aliphatic carbocycles. The minimum Gasteiger partial charge on any atom is -0.463 e. The highest BCUT2D eigenvalue weighted by Gasteiger charge is 2.27. The molecule has 1 unspecified atom stereocenters. The normalized spacial score (nSPS) is 20.8. The summed E-state index contributed by atoms with van der Waals surface area (Å²) in [6, 6.07) is 8.89. The van der Waals surface area contributed by atoms with Crippen LogP contribution in [0.3, 0.4) is 0 Å². The lowest BCUT2D eigenvalue weighted by Gasteiger charge is -2.16. The largest absolute Gasteiger partial charge is 0.463 e. The first-order chi connectivity index (χ1) is 16.0. The molecule has 8 nitrogen and oxygen atoms in total. The second-order valence-electron chi connectivity index (χ2n) is 9.17. The zero-order chi connectivity index (χ0) is 23.2. The number of amides is 1. The maximum absolute atomic E-state index is 12.8. The summed E-state index contributed by atoms with van der Waals surface area (Å²) >= 11 is 0. The van der Waals surface area contributed by atoms with Crippen molar-refractivity contribution in [3.05, 3.63) is 41.1 Å². The third-order valence-electron chi connectivity index (χ3n) is 6.53. The number of aromatic nitrogens is 2. The number of ether oxygens (including phenoxy) is 1. The number of hydrogen-bond donors (Lipinski definition) is 3. The Bertz CT molecular complexity index is 950. The van der Waals surface area contributed by atoms with Gasteiger partial charge in [0.15, 0.2) is 5.82 Å². The average molecular weight is 454 g/mol. The summed E-state index contributed by atoms with van der Waals surface area (Å²) in [5.74, 6) is 0.142. The fourth-order valence-corrected chi connectivity index (χ4v) is 4.50. The molecule has 0 saturated carbocycles. The monoisotopic (exact) mass is 453 g/mol. The van der Waals surface area contributed by atoms with Gasteiger partial charge in [-0.15, -0.1) is 0 Å². The molecule has 4 rings (SSSR count). The summed E-state index contributed by atoms with van der Waals surface area (Å²) in [4.78, 5) is 23.8. The molecule has 0 bridgehead atoms. The minimum atomic E-state index is -0.192. The number of benzene rings is 1. The predicted octanol–water partition coefficient (Wildman–Crippen LogP) is 2.94. The highest BCUT2D eigenvalue weighted by atomic mass is 16.5. The number of carbonyl (C=O) groups excluding carboxylic acids is 1. The number of aryl methyl sites for hydroxylation is 2. The van der Waals surface area contributed by atoms with Gasteiger partial charge in [-0.2, -0.15) is 9.97 Å². The Morgan fingerprint density at radius 3 is 2.73 bits per heavy atom. The number of nitrogen functional groups attached to an aromatic ring is 1. The van der Waals surface area contributed by atoms with E-state index in [4.69, 9.17) is 10.5 Å². The summed E-state index contributed by atoms with van der Waals surface area (Å²) in [6.45, 7) is 5.22. The van der Waals surface area contributed by atoms with E-state index in [1.165, 1.54) is 11.1 Å². The third kappa shape index (κ3) is 6.21. The molecule has 1 saturated heterocycles. The first kappa shape index (κ1) is 23.4. The summed E-state index contributed by atoms with van der Waals surface area (Å²) in [5, 5.41) is 12.6. The van der Waals surface area contributed by atoms with Crippen LogP contribution in [0.25, 0.3) is 0 Å². The van der Waals surface area contributed by atoms with Crippen LogP contribution in [-0.4, -0.2) is 51.7 Å². The van der Waals surface area contributed by atoms with Crippen molar-refractivity contribution < 1.29 is 14.6 Å². The van der Waals surface area contributed by atoms with E-state index < -0.39 is 0 Å². The number of nitrogens with two attached hydrogens (primary N) is 1. The molecule has 0 spiro atoms. The topological polar surface area (TPSA) is 114 Å². The molecule has 178 valence electrons. The van der Waals surface area contributed by atoms with Crippen molar-refractivity contribution in [3.63, 3.8) is 0 Å². The van der Waals surface area contributed by atoms with Gasteiger partial charge in [0.1, 0.15) is 5.69 Å². The molecule has 1 amide bonds. The Kier molecular flexibility index (Phi) is 7.77. The molecule has 0 radical (unpaired) electrons. The fraction of sp³-hybridized carbons (Fsp3) is 0.560. The first-order valence-electron chi connectivity index (χ1n) is 12.1. The highest BCUT2D eigenvalue weighted by Crippen LogP contribution is 2.30. The SMILES string of the molecule is CCCCOc1nc(N)c2c(n1)CCC(CCc1ccc(CN3CC[C@@H](O)C3)cc1)C(=O)N2. The number of aliphatic hydroxyl groups is 1. The van der Waals surface area contributed by atoms with E-state index in [0.717, 1.165) is 63.9 Å².